The SMILES string of the molecule is CCOC=Cc1c(Cl)ncc(F)c1N. The first kappa shape index (κ1) is 10.8. The Hall–Kier alpha value is -1.29. The summed E-state index contributed by atoms with van der Waals surface area (Å²) in [7, 11) is 0. The van der Waals surface area contributed by atoms with Crippen LogP contribution in [0.25, 0.3) is 6.08 Å². The minimum Gasteiger partial charge on any atom is -0.501 e. The summed E-state index contributed by atoms with van der Waals surface area (Å²) in [5.41, 5.74) is 5.77. The number of rotatable bonds is 3. The zero-order chi connectivity index (χ0) is 10.6. The molecule has 1 heterocycles. The van der Waals surface area contributed by atoms with E-state index < -0.39 is 5.82 Å². The van der Waals surface area contributed by atoms with Crippen molar-refractivity contribution in [2.75, 3.05) is 12.3 Å². The van der Waals surface area contributed by atoms with Crippen LogP contribution in [-0.2, 0) is 4.74 Å². The monoisotopic (exact) mass is 216 g/mol. The molecule has 0 aliphatic heterocycles. The lowest BCUT2D eigenvalue weighted by Crippen LogP contribution is -1.97. The van der Waals surface area contributed by atoms with Gasteiger partial charge in [-0.1, -0.05) is 11.6 Å². The molecule has 0 unspecified atom stereocenters. The second-order valence-corrected chi connectivity index (χ2v) is 2.84. The predicted molar refractivity (Wildman–Crippen MR) is 54.3 cm³/mol. The van der Waals surface area contributed by atoms with E-state index in [2.05, 4.69) is 4.98 Å². The molecule has 0 aromatic carbocycles. The highest BCUT2D eigenvalue weighted by atomic mass is 35.5. The molecule has 0 amide bonds. The van der Waals surface area contributed by atoms with Gasteiger partial charge >= 0.3 is 0 Å². The van der Waals surface area contributed by atoms with Gasteiger partial charge in [0, 0.05) is 5.56 Å². The van der Waals surface area contributed by atoms with Gasteiger partial charge in [-0.05, 0) is 13.0 Å². The van der Waals surface area contributed by atoms with Crippen LogP contribution in [0.15, 0.2) is 12.5 Å². The van der Waals surface area contributed by atoms with Crippen LogP contribution in [0, 0.1) is 5.82 Å². The highest BCUT2D eigenvalue weighted by Crippen LogP contribution is 2.23. The van der Waals surface area contributed by atoms with E-state index in [0.29, 0.717) is 12.2 Å². The maximum atomic E-state index is 12.9. The minimum atomic E-state index is -0.592. The summed E-state index contributed by atoms with van der Waals surface area (Å²) in [6, 6.07) is 0. The second-order valence-electron chi connectivity index (χ2n) is 2.48. The molecule has 0 aliphatic carbocycles. The van der Waals surface area contributed by atoms with Crippen LogP contribution < -0.4 is 5.73 Å². The highest BCUT2D eigenvalue weighted by Gasteiger charge is 2.07. The van der Waals surface area contributed by atoms with Crippen LogP contribution in [0.3, 0.4) is 0 Å². The van der Waals surface area contributed by atoms with Crippen LogP contribution in [0.1, 0.15) is 12.5 Å². The second kappa shape index (κ2) is 4.81. The first-order valence-corrected chi connectivity index (χ1v) is 4.42. The number of pyridine rings is 1. The van der Waals surface area contributed by atoms with Crippen LogP contribution in [0.5, 0.6) is 0 Å². The van der Waals surface area contributed by atoms with Crippen molar-refractivity contribution < 1.29 is 9.13 Å². The Kier molecular flexibility index (Phi) is 3.71. The molecule has 0 saturated carbocycles. The van der Waals surface area contributed by atoms with Gasteiger partial charge < -0.3 is 10.5 Å². The largest absolute Gasteiger partial charge is 0.501 e. The Morgan fingerprint density at radius 3 is 3.07 bits per heavy atom. The number of nitrogen functional groups attached to an aromatic ring is 1. The van der Waals surface area contributed by atoms with Crippen molar-refractivity contribution in [2.45, 2.75) is 6.92 Å². The smallest absolute Gasteiger partial charge is 0.165 e. The van der Waals surface area contributed by atoms with Crippen LogP contribution in [-0.4, -0.2) is 11.6 Å². The molecule has 0 bridgehead atoms. The van der Waals surface area contributed by atoms with E-state index >= 15 is 0 Å². The van der Waals surface area contributed by atoms with Crippen molar-refractivity contribution in [1.29, 1.82) is 0 Å². The van der Waals surface area contributed by atoms with Gasteiger partial charge in [0.05, 0.1) is 24.8 Å². The summed E-state index contributed by atoms with van der Waals surface area (Å²) in [5.74, 6) is -0.592. The van der Waals surface area contributed by atoms with Crippen LogP contribution >= 0.6 is 11.6 Å². The third-order valence-corrected chi connectivity index (χ3v) is 1.86. The van der Waals surface area contributed by atoms with Gasteiger partial charge in [0.25, 0.3) is 0 Å². The lowest BCUT2D eigenvalue weighted by molar-refractivity contribution is 0.272. The van der Waals surface area contributed by atoms with Crippen molar-refractivity contribution in [3.63, 3.8) is 0 Å². The Bertz CT molecular complexity index is 355. The molecule has 0 aliphatic rings. The van der Waals surface area contributed by atoms with E-state index in [1.54, 1.807) is 0 Å². The fraction of sp³-hybridized carbons (Fsp3) is 0.222. The molecule has 5 heteroatoms. The van der Waals surface area contributed by atoms with Crippen molar-refractivity contribution in [3.8, 4) is 0 Å². The summed E-state index contributed by atoms with van der Waals surface area (Å²) in [6.07, 6.45) is 3.87. The van der Waals surface area contributed by atoms with Gasteiger partial charge in [-0.15, -0.1) is 0 Å². The quantitative estimate of drug-likeness (QED) is 0.624. The molecule has 0 radical (unpaired) electrons. The van der Waals surface area contributed by atoms with Gasteiger partial charge in [-0.3, -0.25) is 0 Å². The fourth-order valence-electron chi connectivity index (χ4n) is 0.863. The van der Waals surface area contributed by atoms with Crippen LogP contribution in [0.2, 0.25) is 5.15 Å². The Morgan fingerprint density at radius 2 is 2.43 bits per heavy atom. The summed E-state index contributed by atoms with van der Waals surface area (Å²) < 4.78 is 17.9. The van der Waals surface area contributed by atoms with Gasteiger partial charge in [-0.25, -0.2) is 9.37 Å². The first-order chi connectivity index (χ1) is 6.66. The van der Waals surface area contributed by atoms with E-state index in [4.69, 9.17) is 22.1 Å². The Morgan fingerprint density at radius 1 is 1.71 bits per heavy atom. The molecule has 14 heavy (non-hydrogen) atoms. The Balaban J connectivity index is 3.00. The zero-order valence-corrected chi connectivity index (χ0v) is 8.38. The standard InChI is InChI=1S/C9H10ClFN2O/c1-2-14-4-3-6-8(12)7(11)5-13-9(6)10/h3-5H,2H2,1H3,(H2,12,13). The summed E-state index contributed by atoms with van der Waals surface area (Å²) in [4.78, 5) is 3.62. The number of nitrogens with two attached hydrogens (primary N) is 1. The maximum Gasteiger partial charge on any atom is 0.165 e. The minimum absolute atomic E-state index is 0.0269. The molecule has 2 N–H and O–H groups in total. The molecule has 76 valence electrons. The molecule has 0 spiro atoms. The predicted octanol–water partition coefficient (Wildman–Crippen LogP) is 2.46. The topological polar surface area (TPSA) is 48.1 Å². The average Bonchev–Trinajstić information content (AvgIpc) is 2.18. The lowest BCUT2D eigenvalue weighted by Gasteiger charge is -2.03. The van der Waals surface area contributed by atoms with E-state index in [9.17, 15) is 4.39 Å². The molecule has 1 aromatic heterocycles. The Labute approximate surface area is 86.3 Å². The summed E-state index contributed by atoms with van der Waals surface area (Å²) >= 11 is 5.72. The molecule has 0 saturated heterocycles. The van der Waals surface area contributed by atoms with Gasteiger partial charge in [-0.2, -0.15) is 0 Å². The average molecular weight is 217 g/mol. The summed E-state index contributed by atoms with van der Waals surface area (Å²) in [6.45, 7) is 2.36. The van der Waals surface area contributed by atoms with Gasteiger partial charge in [0.1, 0.15) is 5.15 Å². The lowest BCUT2D eigenvalue weighted by atomic mass is 10.2. The molecular weight excluding hydrogens is 207 g/mol. The number of nitrogens with zero attached hydrogens (tertiary/aromatic N) is 1. The zero-order valence-electron chi connectivity index (χ0n) is 7.63. The van der Waals surface area contributed by atoms with E-state index in [-0.39, 0.29) is 10.8 Å². The molecule has 1 rings (SSSR count). The number of aromatic nitrogens is 1. The number of ether oxygens (including phenoxy) is 1. The molecule has 0 atom stereocenters. The van der Waals surface area contributed by atoms with Crippen LogP contribution in [0.4, 0.5) is 10.1 Å². The molecule has 3 nitrogen and oxygen atoms in total. The van der Waals surface area contributed by atoms with E-state index in [1.165, 1.54) is 12.3 Å². The van der Waals surface area contributed by atoms with Gasteiger partial charge in [0.2, 0.25) is 0 Å². The highest BCUT2D eigenvalue weighted by molar-refractivity contribution is 6.31. The maximum absolute atomic E-state index is 12.9. The third-order valence-electron chi connectivity index (χ3n) is 1.56. The van der Waals surface area contributed by atoms with E-state index in [1.807, 2.05) is 6.92 Å². The number of halogens is 2. The normalized spacial score (nSPS) is 10.8. The first-order valence-electron chi connectivity index (χ1n) is 4.04. The van der Waals surface area contributed by atoms with E-state index in [0.717, 1.165) is 6.20 Å². The van der Waals surface area contributed by atoms with Crippen molar-refractivity contribution in [1.82, 2.24) is 4.98 Å². The van der Waals surface area contributed by atoms with Crippen molar-refractivity contribution >= 4 is 23.4 Å². The number of hydrogen-bond acceptors (Lipinski definition) is 3. The van der Waals surface area contributed by atoms with Crippen molar-refractivity contribution in [3.05, 3.63) is 29.0 Å². The van der Waals surface area contributed by atoms with Gasteiger partial charge in [0.15, 0.2) is 5.82 Å². The summed E-state index contributed by atoms with van der Waals surface area (Å²) in [5, 5.41) is 0.153. The number of anilines is 1. The van der Waals surface area contributed by atoms with Crippen molar-refractivity contribution in [2.24, 2.45) is 0 Å². The number of hydrogen-bond donors (Lipinski definition) is 1. The third kappa shape index (κ3) is 2.35. The molecular formula is C9H10ClFN2O. The molecule has 0 fully saturated rings. The molecule has 1 aromatic rings. The fourth-order valence-corrected chi connectivity index (χ4v) is 1.08.